The van der Waals surface area contributed by atoms with Crippen LogP contribution in [0.4, 0.5) is 0 Å². The topological polar surface area (TPSA) is 55.1 Å². The van der Waals surface area contributed by atoms with Crippen LogP contribution in [0.25, 0.3) is 0 Å². The van der Waals surface area contributed by atoms with Gasteiger partial charge in [-0.2, -0.15) is 0 Å². The molecule has 2 rings (SSSR count). The van der Waals surface area contributed by atoms with Crippen molar-refractivity contribution in [3.05, 3.63) is 21.4 Å². The lowest BCUT2D eigenvalue weighted by Crippen LogP contribution is -2.39. The van der Waals surface area contributed by atoms with Gasteiger partial charge in [0.2, 0.25) is 0 Å². The second-order valence-electron chi connectivity index (χ2n) is 5.08. The van der Waals surface area contributed by atoms with Crippen LogP contribution >= 0.6 is 11.3 Å². The Hall–Kier alpha value is -0.870. The van der Waals surface area contributed by atoms with E-state index >= 15 is 0 Å². The summed E-state index contributed by atoms with van der Waals surface area (Å²) in [7, 11) is 0. The number of thiophene rings is 1. The Bertz CT molecular complexity index is 427. The van der Waals surface area contributed by atoms with Crippen molar-refractivity contribution in [2.24, 2.45) is 11.7 Å². The van der Waals surface area contributed by atoms with E-state index < -0.39 is 0 Å². The Morgan fingerprint density at radius 1 is 1.56 bits per heavy atom. The van der Waals surface area contributed by atoms with Crippen LogP contribution in [0.15, 0.2) is 6.07 Å². The Morgan fingerprint density at radius 2 is 2.33 bits per heavy atom. The minimum Gasteiger partial charge on any atom is -0.348 e. The highest BCUT2D eigenvalue weighted by Gasteiger charge is 2.28. The lowest BCUT2D eigenvalue weighted by Gasteiger charge is -2.18. The normalized spacial score (nSPS) is 23.3. The first-order valence-corrected chi connectivity index (χ1v) is 7.57. The molecule has 0 aromatic carbocycles. The predicted molar refractivity (Wildman–Crippen MR) is 76.1 cm³/mol. The van der Waals surface area contributed by atoms with Crippen LogP contribution in [0.2, 0.25) is 0 Å². The van der Waals surface area contributed by atoms with Crippen molar-refractivity contribution in [1.29, 1.82) is 0 Å². The highest BCUT2D eigenvalue weighted by Crippen LogP contribution is 2.26. The molecule has 1 aromatic heterocycles. The number of rotatable bonds is 4. The molecule has 3 N–H and O–H groups in total. The van der Waals surface area contributed by atoms with Gasteiger partial charge < -0.3 is 11.1 Å². The quantitative estimate of drug-likeness (QED) is 0.879. The van der Waals surface area contributed by atoms with Crippen LogP contribution in [0.1, 0.15) is 46.3 Å². The lowest BCUT2D eigenvalue weighted by atomic mass is 10.0. The number of carbonyl (C=O) groups excluding carboxylic acids is 1. The Balaban J connectivity index is 2.02. The van der Waals surface area contributed by atoms with E-state index in [1.807, 2.05) is 6.07 Å². The third-order valence-corrected chi connectivity index (χ3v) is 5.22. The molecule has 2 atom stereocenters. The van der Waals surface area contributed by atoms with Gasteiger partial charge in [0.15, 0.2) is 0 Å². The van der Waals surface area contributed by atoms with Gasteiger partial charge in [0.1, 0.15) is 0 Å². The van der Waals surface area contributed by atoms with Crippen LogP contribution in [0.3, 0.4) is 0 Å². The van der Waals surface area contributed by atoms with Gasteiger partial charge in [-0.25, -0.2) is 0 Å². The smallest absolute Gasteiger partial charge is 0.261 e. The van der Waals surface area contributed by atoms with Crippen molar-refractivity contribution < 1.29 is 4.79 Å². The molecule has 0 aliphatic heterocycles. The molecule has 0 radical (unpaired) electrons. The molecule has 100 valence electrons. The molecule has 1 fully saturated rings. The second-order valence-corrected chi connectivity index (χ2v) is 6.21. The van der Waals surface area contributed by atoms with Crippen molar-refractivity contribution in [2.45, 2.75) is 45.6 Å². The van der Waals surface area contributed by atoms with Gasteiger partial charge in [0.05, 0.1) is 4.88 Å². The molecule has 1 amide bonds. The fourth-order valence-corrected chi connectivity index (χ4v) is 3.75. The summed E-state index contributed by atoms with van der Waals surface area (Å²) in [4.78, 5) is 14.3. The zero-order valence-corrected chi connectivity index (χ0v) is 12.0. The summed E-state index contributed by atoms with van der Waals surface area (Å²) in [6, 6.07) is 2.28. The lowest BCUT2D eigenvalue weighted by molar-refractivity contribution is 0.0933. The van der Waals surface area contributed by atoms with Crippen LogP contribution in [-0.2, 0) is 6.42 Å². The summed E-state index contributed by atoms with van der Waals surface area (Å²) in [6.45, 7) is 4.88. The molecule has 4 heteroatoms. The number of aryl methyl sites for hydroxylation is 2. The second kappa shape index (κ2) is 5.85. The van der Waals surface area contributed by atoms with Gasteiger partial charge in [-0.1, -0.05) is 13.3 Å². The molecule has 0 bridgehead atoms. The van der Waals surface area contributed by atoms with E-state index in [4.69, 9.17) is 5.73 Å². The molecule has 0 spiro atoms. The molecule has 2 unspecified atom stereocenters. The Kier molecular flexibility index (Phi) is 4.40. The summed E-state index contributed by atoms with van der Waals surface area (Å²) < 4.78 is 0. The van der Waals surface area contributed by atoms with E-state index in [0.29, 0.717) is 12.5 Å². The molecule has 3 nitrogen and oxygen atoms in total. The summed E-state index contributed by atoms with van der Waals surface area (Å²) in [5.41, 5.74) is 6.97. The van der Waals surface area contributed by atoms with Gasteiger partial charge in [-0.15, -0.1) is 11.3 Å². The predicted octanol–water partition coefficient (Wildman–Crippen LogP) is 2.48. The van der Waals surface area contributed by atoms with Gasteiger partial charge >= 0.3 is 0 Å². The maximum absolute atomic E-state index is 12.2. The van der Waals surface area contributed by atoms with Crippen molar-refractivity contribution in [3.63, 3.8) is 0 Å². The molecular weight excluding hydrogens is 244 g/mol. The maximum atomic E-state index is 12.2. The fourth-order valence-electron chi connectivity index (χ4n) is 2.73. The molecule has 1 aromatic rings. The largest absolute Gasteiger partial charge is 0.348 e. The SMILES string of the molecule is CCc1sc(C(=O)NC2CCCC2CN)cc1C. The number of nitrogens with one attached hydrogen (secondary N) is 1. The van der Waals surface area contributed by atoms with E-state index in [2.05, 4.69) is 19.2 Å². The summed E-state index contributed by atoms with van der Waals surface area (Å²) in [6.07, 6.45) is 4.39. The molecule has 1 aliphatic carbocycles. The monoisotopic (exact) mass is 266 g/mol. The number of carbonyl (C=O) groups is 1. The van der Waals surface area contributed by atoms with Crippen LogP contribution < -0.4 is 11.1 Å². The van der Waals surface area contributed by atoms with E-state index in [1.54, 1.807) is 11.3 Å². The average molecular weight is 266 g/mol. The first-order chi connectivity index (χ1) is 8.65. The number of amides is 1. The fraction of sp³-hybridized carbons (Fsp3) is 0.643. The van der Waals surface area contributed by atoms with Crippen molar-refractivity contribution in [2.75, 3.05) is 6.54 Å². The minimum atomic E-state index is 0.0770. The molecule has 1 saturated carbocycles. The zero-order chi connectivity index (χ0) is 13.1. The molecular formula is C14H22N2OS. The summed E-state index contributed by atoms with van der Waals surface area (Å²) in [5, 5.41) is 3.15. The Morgan fingerprint density at radius 3 is 2.94 bits per heavy atom. The third kappa shape index (κ3) is 2.75. The molecule has 1 aliphatic rings. The third-order valence-electron chi connectivity index (χ3n) is 3.84. The van der Waals surface area contributed by atoms with Crippen molar-refractivity contribution >= 4 is 17.2 Å². The van der Waals surface area contributed by atoms with Crippen molar-refractivity contribution in [3.8, 4) is 0 Å². The first kappa shape index (κ1) is 13.6. The van der Waals surface area contributed by atoms with Gasteiger partial charge in [0, 0.05) is 10.9 Å². The molecule has 0 saturated heterocycles. The van der Waals surface area contributed by atoms with Gasteiger partial charge in [0.25, 0.3) is 5.91 Å². The molecule has 1 heterocycles. The summed E-state index contributed by atoms with van der Waals surface area (Å²) in [5.74, 6) is 0.536. The van der Waals surface area contributed by atoms with E-state index in [9.17, 15) is 4.79 Å². The zero-order valence-electron chi connectivity index (χ0n) is 11.2. The van der Waals surface area contributed by atoms with Crippen LogP contribution in [-0.4, -0.2) is 18.5 Å². The highest BCUT2D eigenvalue weighted by molar-refractivity contribution is 7.14. The van der Waals surface area contributed by atoms with Crippen LogP contribution in [0, 0.1) is 12.8 Å². The van der Waals surface area contributed by atoms with Crippen LogP contribution in [0.5, 0.6) is 0 Å². The maximum Gasteiger partial charge on any atom is 0.261 e. The van der Waals surface area contributed by atoms with E-state index in [1.165, 1.54) is 16.9 Å². The standard InChI is InChI=1S/C14H22N2OS/c1-3-12-9(2)7-13(18-12)14(17)16-11-6-4-5-10(11)8-15/h7,10-11H,3-6,8,15H2,1-2H3,(H,16,17). The van der Waals surface area contributed by atoms with Gasteiger partial charge in [-0.3, -0.25) is 4.79 Å². The summed E-state index contributed by atoms with van der Waals surface area (Å²) >= 11 is 1.62. The van der Waals surface area contributed by atoms with E-state index in [0.717, 1.165) is 24.1 Å². The first-order valence-electron chi connectivity index (χ1n) is 6.76. The average Bonchev–Trinajstić information content (AvgIpc) is 2.95. The number of hydrogen-bond acceptors (Lipinski definition) is 3. The Labute approximate surface area is 113 Å². The van der Waals surface area contributed by atoms with E-state index in [-0.39, 0.29) is 11.9 Å². The molecule has 18 heavy (non-hydrogen) atoms. The number of hydrogen-bond donors (Lipinski definition) is 2. The van der Waals surface area contributed by atoms with Crippen molar-refractivity contribution in [1.82, 2.24) is 5.32 Å². The minimum absolute atomic E-state index is 0.0770. The highest BCUT2D eigenvalue weighted by atomic mass is 32.1. The van der Waals surface area contributed by atoms with Gasteiger partial charge in [-0.05, 0) is 50.3 Å². The number of nitrogens with two attached hydrogens (primary N) is 1.